The highest BCUT2D eigenvalue weighted by Crippen LogP contribution is 2.12. The molecular weight excluding hydrogens is 500 g/mol. The van der Waals surface area contributed by atoms with Crippen molar-refractivity contribution in [3.8, 4) is 0 Å². The molecule has 0 radical (unpaired) electrons. The average molecular weight is 551 g/mol. The predicted octanol–water partition coefficient (Wildman–Crippen LogP) is 2.00. The molecule has 6 N–H and O–H groups in total. The zero-order chi connectivity index (χ0) is 29.2. The van der Waals surface area contributed by atoms with Gasteiger partial charge in [-0.05, 0) is 38.2 Å². The van der Waals surface area contributed by atoms with E-state index in [0.29, 0.717) is 13.0 Å². The van der Waals surface area contributed by atoms with Gasteiger partial charge in [-0.15, -0.1) is 0 Å². The number of hydrogen-bond acceptors (Lipinski definition) is 6. The van der Waals surface area contributed by atoms with Crippen LogP contribution in [0.3, 0.4) is 0 Å². The first-order valence-electron chi connectivity index (χ1n) is 14.4. The lowest BCUT2D eigenvalue weighted by molar-refractivity contribution is -0.133. The van der Waals surface area contributed by atoms with E-state index in [9.17, 15) is 29.4 Å². The number of carbonyl (C=O) groups is 4. The van der Waals surface area contributed by atoms with E-state index in [1.54, 1.807) is 12.2 Å². The molecule has 0 aromatic rings. The Morgan fingerprint density at radius 2 is 1.77 bits per heavy atom. The highest BCUT2D eigenvalue weighted by molar-refractivity contribution is 5.95. The number of amides is 4. The Morgan fingerprint density at radius 3 is 2.41 bits per heavy atom. The first-order chi connectivity index (χ1) is 18.6. The molecule has 0 aromatic heterocycles. The Labute approximate surface area is 233 Å². The lowest BCUT2D eigenvalue weighted by atomic mass is 9.95. The maximum Gasteiger partial charge on any atom is 0.246 e. The third kappa shape index (κ3) is 14.3. The molecule has 0 saturated carbocycles. The summed E-state index contributed by atoms with van der Waals surface area (Å²) >= 11 is 0. The van der Waals surface area contributed by atoms with Gasteiger partial charge >= 0.3 is 0 Å². The normalized spacial score (nSPS) is 23.2. The Balaban J connectivity index is 2.77. The predicted molar refractivity (Wildman–Crippen MR) is 151 cm³/mol. The molecule has 222 valence electrons. The second-order valence-electron chi connectivity index (χ2n) is 10.6. The Hall–Kier alpha value is -2.72. The van der Waals surface area contributed by atoms with Crippen LogP contribution in [0, 0.1) is 5.92 Å². The Bertz CT molecular complexity index is 827. The first kappa shape index (κ1) is 34.3. The second kappa shape index (κ2) is 19.4. The minimum absolute atomic E-state index is 0.160. The zero-order valence-corrected chi connectivity index (χ0v) is 24.1. The molecule has 4 amide bonds. The smallest absolute Gasteiger partial charge is 0.246 e. The lowest BCUT2D eigenvalue weighted by Gasteiger charge is -2.30. The van der Waals surface area contributed by atoms with Crippen LogP contribution in [0.1, 0.15) is 91.9 Å². The van der Waals surface area contributed by atoms with E-state index in [-0.39, 0.29) is 18.2 Å². The van der Waals surface area contributed by atoms with Gasteiger partial charge in [0, 0.05) is 6.54 Å². The average Bonchev–Trinajstić information content (AvgIpc) is 2.87. The molecule has 0 bridgehead atoms. The zero-order valence-electron chi connectivity index (χ0n) is 24.1. The maximum atomic E-state index is 13.1. The minimum Gasteiger partial charge on any atom is -0.391 e. The fourth-order valence-electron chi connectivity index (χ4n) is 4.34. The molecule has 39 heavy (non-hydrogen) atoms. The summed E-state index contributed by atoms with van der Waals surface area (Å²) in [6.07, 6.45) is 13.2. The topological polar surface area (TPSA) is 157 Å². The maximum absolute atomic E-state index is 13.1. The van der Waals surface area contributed by atoms with E-state index in [2.05, 4.69) is 28.2 Å². The lowest BCUT2D eigenvalue weighted by Crippen LogP contribution is -2.58. The largest absolute Gasteiger partial charge is 0.391 e. The van der Waals surface area contributed by atoms with Gasteiger partial charge in [-0.25, -0.2) is 0 Å². The van der Waals surface area contributed by atoms with Crippen LogP contribution in [-0.2, 0) is 19.2 Å². The quantitative estimate of drug-likeness (QED) is 0.110. The van der Waals surface area contributed by atoms with Crippen molar-refractivity contribution in [3.63, 3.8) is 0 Å². The molecule has 0 aliphatic carbocycles. The van der Waals surface area contributed by atoms with E-state index in [4.69, 9.17) is 0 Å². The molecule has 1 heterocycles. The number of allylic oxidation sites excluding steroid dienone is 1. The number of carbonyl (C=O) groups excluding carboxylic acids is 4. The molecule has 1 aliphatic heterocycles. The van der Waals surface area contributed by atoms with Crippen molar-refractivity contribution in [2.45, 2.75) is 122 Å². The summed E-state index contributed by atoms with van der Waals surface area (Å²) in [6, 6.07) is -3.09. The molecule has 0 spiro atoms. The summed E-state index contributed by atoms with van der Waals surface area (Å²) in [5.74, 6) is -2.28. The fourth-order valence-corrected chi connectivity index (χ4v) is 4.34. The van der Waals surface area contributed by atoms with E-state index in [1.807, 2.05) is 13.8 Å². The van der Waals surface area contributed by atoms with Crippen molar-refractivity contribution < 1.29 is 29.4 Å². The number of aliphatic hydroxyl groups excluding tert-OH is 2. The van der Waals surface area contributed by atoms with Gasteiger partial charge in [0.05, 0.1) is 24.7 Å². The van der Waals surface area contributed by atoms with Crippen molar-refractivity contribution in [2.75, 3.05) is 6.54 Å². The minimum atomic E-state index is -1.27. The van der Waals surface area contributed by atoms with Crippen molar-refractivity contribution >= 4 is 23.6 Å². The second-order valence-corrected chi connectivity index (χ2v) is 10.6. The van der Waals surface area contributed by atoms with Gasteiger partial charge in [0.2, 0.25) is 23.6 Å². The molecule has 0 aromatic carbocycles. The van der Waals surface area contributed by atoms with Crippen molar-refractivity contribution in [1.29, 1.82) is 0 Å². The molecular formula is C29H50N4O6. The monoisotopic (exact) mass is 550 g/mol. The van der Waals surface area contributed by atoms with Gasteiger partial charge < -0.3 is 31.5 Å². The summed E-state index contributed by atoms with van der Waals surface area (Å²) in [5, 5.41) is 31.3. The van der Waals surface area contributed by atoms with E-state index < -0.39 is 48.1 Å². The molecule has 5 atom stereocenters. The van der Waals surface area contributed by atoms with E-state index in [1.165, 1.54) is 51.2 Å². The number of unbranched alkanes of at least 4 members (excludes halogenated alkanes) is 7. The first-order valence-corrected chi connectivity index (χ1v) is 14.4. The number of aliphatic hydroxyl groups is 2. The van der Waals surface area contributed by atoms with Gasteiger partial charge in [-0.2, -0.15) is 0 Å². The highest BCUT2D eigenvalue weighted by atomic mass is 16.3. The summed E-state index contributed by atoms with van der Waals surface area (Å²) in [7, 11) is 0. The highest BCUT2D eigenvalue weighted by Gasteiger charge is 2.32. The third-order valence-corrected chi connectivity index (χ3v) is 6.68. The molecule has 1 rings (SSSR count). The van der Waals surface area contributed by atoms with E-state index >= 15 is 0 Å². The molecule has 10 nitrogen and oxygen atoms in total. The summed E-state index contributed by atoms with van der Waals surface area (Å²) in [5.41, 5.74) is 0. The molecule has 0 fully saturated rings. The summed E-state index contributed by atoms with van der Waals surface area (Å²) in [4.78, 5) is 50.5. The Morgan fingerprint density at radius 1 is 1.10 bits per heavy atom. The van der Waals surface area contributed by atoms with Crippen molar-refractivity contribution in [3.05, 3.63) is 24.3 Å². The van der Waals surface area contributed by atoms with Gasteiger partial charge in [0.25, 0.3) is 0 Å². The molecule has 1 aliphatic rings. The van der Waals surface area contributed by atoms with Crippen LogP contribution in [-0.4, -0.2) is 70.7 Å². The number of rotatable bonds is 14. The van der Waals surface area contributed by atoms with Crippen molar-refractivity contribution in [2.24, 2.45) is 5.92 Å². The van der Waals surface area contributed by atoms with Crippen LogP contribution >= 0.6 is 0 Å². The van der Waals surface area contributed by atoms with E-state index in [0.717, 1.165) is 19.3 Å². The number of nitrogens with one attached hydrogen (secondary N) is 4. The summed E-state index contributed by atoms with van der Waals surface area (Å²) in [6.45, 7) is 7.50. The van der Waals surface area contributed by atoms with Crippen LogP contribution < -0.4 is 21.3 Å². The van der Waals surface area contributed by atoms with Gasteiger partial charge in [0.15, 0.2) is 0 Å². The summed E-state index contributed by atoms with van der Waals surface area (Å²) < 4.78 is 0. The van der Waals surface area contributed by atoms with Gasteiger partial charge in [-0.3, -0.25) is 19.2 Å². The van der Waals surface area contributed by atoms with Crippen LogP contribution in [0.15, 0.2) is 24.3 Å². The number of hydrogen-bond donors (Lipinski definition) is 6. The fraction of sp³-hybridized carbons (Fsp3) is 0.724. The molecule has 0 saturated heterocycles. The van der Waals surface area contributed by atoms with Gasteiger partial charge in [-0.1, -0.05) is 77.5 Å². The Kier molecular flexibility index (Phi) is 17.0. The van der Waals surface area contributed by atoms with Gasteiger partial charge in [0.1, 0.15) is 12.1 Å². The van der Waals surface area contributed by atoms with Crippen LogP contribution in [0.4, 0.5) is 0 Å². The molecule has 0 unspecified atom stereocenters. The third-order valence-electron chi connectivity index (χ3n) is 6.68. The van der Waals surface area contributed by atoms with Crippen LogP contribution in [0.25, 0.3) is 0 Å². The van der Waals surface area contributed by atoms with Crippen molar-refractivity contribution in [1.82, 2.24) is 21.3 Å². The SMILES string of the molecule is CCCCCCCCC/C=C/C(=O)N[C@H](C(=O)N[C@H]1/C=C/CCNC(=O)C[C@@H](O)[C@H](C(C)C)NC1=O)[C@@H](C)O. The standard InChI is InChI=1S/C29H50N4O6/c1-5-6-7-8-9-10-11-12-13-17-24(36)32-27(21(4)34)29(39)31-22-16-14-15-18-30-25(37)19-23(35)26(20(2)3)33-28(22)38/h13-14,16-17,20-23,26-27,34-35H,5-12,15,18-19H2,1-4H3,(H,30,37)(H,31,39)(H,32,36)(H,33,38)/b16-14+,17-13+/t21-,22+,23-,26+,27+/m1/s1. The molecule has 10 heteroatoms. The van der Waals surface area contributed by atoms with Crippen LogP contribution in [0.2, 0.25) is 0 Å². The van der Waals surface area contributed by atoms with Crippen LogP contribution in [0.5, 0.6) is 0 Å².